The van der Waals surface area contributed by atoms with E-state index in [1.54, 1.807) is 0 Å². The summed E-state index contributed by atoms with van der Waals surface area (Å²) in [6.07, 6.45) is 10.2. The van der Waals surface area contributed by atoms with Gasteiger partial charge in [-0.1, -0.05) is 37.8 Å². The molecule has 0 unspecified atom stereocenters. The van der Waals surface area contributed by atoms with Gasteiger partial charge in [0.05, 0.1) is 17.7 Å². The standard InChI is InChI=1S/C27H34N4O2/c1-4-5-16-31-25(32)24-23(29-14-8-9-15-29)21-17-19(2)12-13-22(21)30(24)18-27(31,3)26(33)28-20-10-6-7-11-20/h8-9,12-15,17,20H,4-7,10-11,16,18H2,1-3H3,(H,28,33)/t27-/m0/s1. The summed E-state index contributed by atoms with van der Waals surface area (Å²) in [6, 6.07) is 10.5. The van der Waals surface area contributed by atoms with Crippen molar-refractivity contribution in [2.75, 3.05) is 6.54 Å². The lowest BCUT2D eigenvalue weighted by Gasteiger charge is -2.44. The molecule has 33 heavy (non-hydrogen) atoms. The molecule has 6 heteroatoms. The molecule has 1 aromatic carbocycles. The number of unbranched alkanes of at least 4 members (excludes halogenated alkanes) is 1. The molecule has 0 radical (unpaired) electrons. The number of carbonyl (C=O) groups is 2. The normalized spacial score (nSPS) is 21.1. The van der Waals surface area contributed by atoms with Gasteiger partial charge in [0.1, 0.15) is 11.2 Å². The summed E-state index contributed by atoms with van der Waals surface area (Å²) in [5.41, 5.74) is 2.81. The van der Waals surface area contributed by atoms with Gasteiger partial charge in [0.2, 0.25) is 5.91 Å². The van der Waals surface area contributed by atoms with Crippen LogP contribution in [0.25, 0.3) is 16.6 Å². The monoisotopic (exact) mass is 446 g/mol. The maximum Gasteiger partial charge on any atom is 0.273 e. The van der Waals surface area contributed by atoms with E-state index in [2.05, 4.69) is 41.9 Å². The lowest BCUT2D eigenvalue weighted by atomic mass is 9.93. The summed E-state index contributed by atoms with van der Waals surface area (Å²) in [6.45, 7) is 7.18. The molecule has 1 fully saturated rings. The van der Waals surface area contributed by atoms with E-state index in [0.717, 1.165) is 60.7 Å². The lowest BCUT2D eigenvalue weighted by molar-refractivity contribution is -0.133. The number of nitrogens with zero attached hydrogens (tertiary/aromatic N) is 3. The third-order valence-corrected chi connectivity index (χ3v) is 7.48. The van der Waals surface area contributed by atoms with E-state index in [9.17, 15) is 9.59 Å². The number of aromatic nitrogens is 2. The Morgan fingerprint density at radius 1 is 1.18 bits per heavy atom. The van der Waals surface area contributed by atoms with Crippen molar-refractivity contribution in [3.63, 3.8) is 0 Å². The molecule has 0 spiro atoms. The van der Waals surface area contributed by atoms with Crippen molar-refractivity contribution in [3.8, 4) is 5.69 Å². The van der Waals surface area contributed by atoms with Gasteiger partial charge in [-0.15, -0.1) is 0 Å². The van der Waals surface area contributed by atoms with Crippen molar-refractivity contribution in [2.45, 2.75) is 77.4 Å². The second-order valence-electron chi connectivity index (χ2n) is 9.93. The first kappa shape index (κ1) is 21.8. The van der Waals surface area contributed by atoms with E-state index in [-0.39, 0.29) is 17.9 Å². The Balaban J connectivity index is 1.67. The van der Waals surface area contributed by atoms with Crippen molar-refractivity contribution < 1.29 is 9.59 Å². The highest BCUT2D eigenvalue weighted by Crippen LogP contribution is 2.38. The van der Waals surface area contributed by atoms with E-state index in [1.807, 2.05) is 40.9 Å². The third-order valence-electron chi connectivity index (χ3n) is 7.48. The Bertz CT molecular complexity index is 1190. The van der Waals surface area contributed by atoms with Crippen molar-refractivity contribution in [1.29, 1.82) is 0 Å². The zero-order valence-electron chi connectivity index (χ0n) is 19.9. The van der Waals surface area contributed by atoms with Gasteiger partial charge in [0.15, 0.2) is 0 Å². The largest absolute Gasteiger partial charge is 0.351 e. The number of benzene rings is 1. The van der Waals surface area contributed by atoms with Crippen molar-refractivity contribution in [1.82, 2.24) is 19.4 Å². The molecule has 1 N–H and O–H groups in total. The van der Waals surface area contributed by atoms with Gasteiger partial charge in [-0.2, -0.15) is 0 Å². The van der Waals surface area contributed by atoms with Gasteiger partial charge in [0, 0.05) is 30.4 Å². The Morgan fingerprint density at radius 2 is 1.91 bits per heavy atom. The molecule has 6 nitrogen and oxygen atoms in total. The summed E-state index contributed by atoms with van der Waals surface area (Å²) >= 11 is 0. The van der Waals surface area contributed by atoms with Crippen LogP contribution in [-0.2, 0) is 11.3 Å². The third kappa shape index (κ3) is 3.56. The molecule has 5 rings (SSSR count). The van der Waals surface area contributed by atoms with Gasteiger partial charge in [-0.25, -0.2) is 0 Å². The zero-order valence-corrected chi connectivity index (χ0v) is 19.9. The van der Waals surface area contributed by atoms with Gasteiger partial charge in [0.25, 0.3) is 5.91 Å². The SMILES string of the molecule is CCCCN1C(=O)c2c(-n3cccc3)c3cc(C)ccc3n2C[C@@]1(C)C(=O)NC1CCCC1. The van der Waals surface area contributed by atoms with E-state index in [1.165, 1.54) is 0 Å². The maximum absolute atomic E-state index is 14.2. The minimum absolute atomic E-state index is 0.0269. The summed E-state index contributed by atoms with van der Waals surface area (Å²) < 4.78 is 4.12. The van der Waals surface area contributed by atoms with Gasteiger partial charge in [-0.05, 0) is 57.4 Å². The highest BCUT2D eigenvalue weighted by atomic mass is 16.2. The molecule has 3 aromatic rings. The van der Waals surface area contributed by atoms with Gasteiger partial charge >= 0.3 is 0 Å². The number of aryl methyl sites for hydroxylation is 1. The van der Waals surface area contributed by atoms with Crippen LogP contribution in [0.15, 0.2) is 42.7 Å². The van der Waals surface area contributed by atoms with E-state index in [4.69, 9.17) is 0 Å². The first-order valence-corrected chi connectivity index (χ1v) is 12.3. The van der Waals surface area contributed by atoms with Crippen molar-refractivity contribution in [2.24, 2.45) is 0 Å². The predicted molar refractivity (Wildman–Crippen MR) is 131 cm³/mol. The van der Waals surface area contributed by atoms with Crippen LogP contribution in [0.4, 0.5) is 0 Å². The summed E-state index contributed by atoms with van der Waals surface area (Å²) in [5.74, 6) is -0.0858. The molecule has 3 heterocycles. The van der Waals surface area contributed by atoms with E-state index >= 15 is 0 Å². The Hall–Kier alpha value is -3.02. The van der Waals surface area contributed by atoms with E-state index in [0.29, 0.717) is 18.8 Å². The fraction of sp³-hybridized carbons (Fsp3) is 0.481. The summed E-state index contributed by atoms with van der Waals surface area (Å²) in [4.78, 5) is 29.7. The van der Waals surface area contributed by atoms with Gasteiger partial charge in [-0.3, -0.25) is 9.59 Å². The minimum Gasteiger partial charge on any atom is -0.351 e. The van der Waals surface area contributed by atoms with Gasteiger partial charge < -0.3 is 19.4 Å². The van der Waals surface area contributed by atoms with Crippen molar-refractivity contribution >= 4 is 22.7 Å². The summed E-state index contributed by atoms with van der Waals surface area (Å²) in [5, 5.41) is 4.33. The van der Waals surface area contributed by atoms with Crippen LogP contribution in [0.2, 0.25) is 0 Å². The van der Waals surface area contributed by atoms with Crippen LogP contribution in [0.5, 0.6) is 0 Å². The van der Waals surface area contributed by atoms with Crippen LogP contribution in [0, 0.1) is 6.92 Å². The average molecular weight is 447 g/mol. The molecule has 1 aliphatic carbocycles. The lowest BCUT2D eigenvalue weighted by Crippen LogP contribution is -2.65. The molecular weight excluding hydrogens is 412 g/mol. The number of hydrogen-bond acceptors (Lipinski definition) is 2. The number of hydrogen-bond donors (Lipinski definition) is 1. The topological polar surface area (TPSA) is 59.3 Å². The molecule has 2 amide bonds. The second-order valence-corrected chi connectivity index (χ2v) is 9.93. The highest BCUT2D eigenvalue weighted by molar-refractivity contribution is 6.09. The Morgan fingerprint density at radius 3 is 2.61 bits per heavy atom. The molecule has 2 aromatic heterocycles. The second kappa shape index (κ2) is 8.40. The molecule has 174 valence electrons. The van der Waals surface area contributed by atoms with Crippen molar-refractivity contribution in [3.05, 3.63) is 54.0 Å². The average Bonchev–Trinajstić information content (AvgIpc) is 3.54. The fourth-order valence-corrected chi connectivity index (χ4v) is 5.59. The van der Waals surface area contributed by atoms with Crippen LogP contribution in [0.3, 0.4) is 0 Å². The number of amides is 2. The Kier molecular flexibility index (Phi) is 5.55. The minimum atomic E-state index is -0.924. The fourth-order valence-electron chi connectivity index (χ4n) is 5.59. The van der Waals surface area contributed by atoms with Crippen LogP contribution >= 0.6 is 0 Å². The van der Waals surface area contributed by atoms with Crippen LogP contribution in [-0.4, -0.2) is 44.0 Å². The smallest absolute Gasteiger partial charge is 0.273 e. The molecule has 1 aliphatic heterocycles. The first-order chi connectivity index (χ1) is 15.9. The molecule has 1 atom stereocenters. The zero-order chi connectivity index (χ0) is 23.2. The number of carbonyl (C=O) groups excluding carboxylic acids is 2. The van der Waals surface area contributed by atoms with Crippen LogP contribution in [0.1, 0.15) is 68.4 Å². The highest BCUT2D eigenvalue weighted by Gasteiger charge is 2.49. The number of rotatable bonds is 6. The molecule has 2 aliphatic rings. The molecule has 0 saturated heterocycles. The number of fused-ring (bicyclic) bond motifs is 3. The maximum atomic E-state index is 14.2. The summed E-state index contributed by atoms with van der Waals surface area (Å²) in [7, 11) is 0. The molecule has 1 saturated carbocycles. The Labute approximate surface area is 195 Å². The van der Waals surface area contributed by atoms with E-state index < -0.39 is 5.54 Å². The molecular formula is C27H34N4O2. The quantitative estimate of drug-likeness (QED) is 0.591. The predicted octanol–water partition coefficient (Wildman–Crippen LogP) is 4.81. The first-order valence-electron chi connectivity index (χ1n) is 12.3. The molecule has 0 bridgehead atoms. The van der Waals surface area contributed by atoms with Crippen LogP contribution < -0.4 is 5.32 Å². The number of nitrogens with one attached hydrogen (secondary N) is 1.